The first-order valence-corrected chi connectivity index (χ1v) is 9.79. The van der Waals surface area contributed by atoms with Crippen LogP contribution >= 0.6 is 0 Å². The lowest BCUT2D eigenvalue weighted by Crippen LogP contribution is -2.50. The molecular weight excluding hydrogens is 338 g/mol. The zero-order valence-electron chi connectivity index (χ0n) is 14.1. The summed E-state index contributed by atoms with van der Waals surface area (Å²) in [5.41, 5.74) is 2.45. The normalized spacial score (nSPS) is 16.0. The van der Waals surface area contributed by atoms with Crippen LogP contribution in [0.25, 0.3) is 0 Å². The van der Waals surface area contributed by atoms with Crippen molar-refractivity contribution in [3.8, 4) is 0 Å². The topological polar surface area (TPSA) is 70.6 Å². The lowest BCUT2D eigenvalue weighted by atomic mass is 10.2. The number of aromatic nitrogens is 1. The van der Waals surface area contributed by atoms with Crippen molar-refractivity contribution in [1.29, 1.82) is 0 Å². The second-order valence-corrected chi connectivity index (χ2v) is 8.14. The summed E-state index contributed by atoms with van der Waals surface area (Å²) in [6.07, 6.45) is 3.16. The van der Waals surface area contributed by atoms with Gasteiger partial charge in [0.2, 0.25) is 10.0 Å². The van der Waals surface area contributed by atoms with Crippen molar-refractivity contribution < 1.29 is 13.2 Å². The van der Waals surface area contributed by atoms with Gasteiger partial charge in [0.05, 0.1) is 5.75 Å². The largest absolute Gasteiger partial charge is 0.336 e. The summed E-state index contributed by atoms with van der Waals surface area (Å²) >= 11 is 0. The van der Waals surface area contributed by atoms with Crippen LogP contribution in [0, 0.1) is 6.92 Å². The van der Waals surface area contributed by atoms with Gasteiger partial charge in [0.25, 0.3) is 5.91 Å². The molecule has 1 aliphatic rings. The van der Waals surface area contributed by atoms with Gasteiger partial charge in [0.1, 0.15) is 0 Å². The molecule has 0 radical (unpaired) electrons. The number of amides is 1. The van der Waals surface area contributed by atoms with Gasteiger partial charge < -0.3 is 4.90 Å². The monoisotopic (exact) mass is 359 g/mol. The van der Waals surface area contributed by atoms with E-state index >= 15 is 0 Å². The van der Waals surface area contributed by atoms with Crippen molar-refractivity contribution in [2.45, 2.75) is 12.7 Å². The summed E-state index contributed by atoms with van der Waals surface area (Å²) in [5, 5.41) is 0. The third-order valence-corrected chi connectivity index (χ3v) is 6.17. The quantitative estimate of drug-likeness (QED) is 0.833. The fourth-order valence-electron chi connectivity index (χ4n) is 2.83. The summed E-state index contributed by atoms with van der Waals surface area (Å²) in [7, 11) is -3.38. The van der Waals surface area contributed by atoms with E-state index in [0.29, 0.717) is 31.7 Å². The highest BCUT2D eigenvalue weighted by Crippen LogP contribution is 2.15. The first kappa shape index (κ1) is 17.6. The number of rotatable bonds is 4. The molecule has 0 spiro atoms. The smallest absolute Gasteiger partial charge is 0.254 e. The second kappa shape index (κ2) is 7.33. The van der Waals surface area contributed by atoms with E-state index in [1.807, 2.05) is 31.2 Å². The molecule has 3 rings (SSSR count). The molecule has 0 atom stereocenters. The fourth-order valence-corrected chi connectivity index (χ4v) is 4.35. The number of carbonyl (C=O) groups is 1. The number of piperazine rings is 1. The predicted molar refractivity (Wildman–Crippen MR) is 95.5 cm³/mol. The third kappa shape index (κ3) is 4.24. The molecule has 1 aromatic heterocycles. The van der Waals surface area contributed by atoms with Gasteiger partial charge in [-0.15, -0.1) is 0 Å². The number of hydrogen-bond acceptors (Lipinski definition) is 4. The Hall–Kier alpha value is -2.25. The molecule has 7 heteroatoms. The molecular formula is C18H21N3O3S. The van der Waals surface area contributed by atoms with Crippen molar-refractivity contribution in [2.24, 2.45) is 0 Å². The summed E-state index contributed by atoms with van der Waals surface area (Å²) in [6, 6.07) is 10.9. The molecule has 1 saturated heterocycles. The lowest BCUT2D eigenvalue weighted by Gasteiger charge is -2.34. The van der Waals surface area contributed by atoms with E-state index in [2.05, 4.69) is 4.98 Å². The van der Waals surface area contributed by atoms with Gasteiger partial charge in [0, 0.05) is 44.1 Å². The molecule has 0 saturated carbocycles. The Kier molecular flexibility index (Phi) is 5.15. The van der Waals surface area contributed by atoms with Gasteiger partial charge in [0.15, 0.2) is 0 Å². The molecule has 0 aliphatic carbocycles. The molecule has 0 unspecified atom stereocenters. The van der Waals surface area contributed by atoms with E-state index in [9.17, 15) is 13.2 Å². The first-order chi connectivity index (χ1) is 12.0. The zero-order chi connectivity index (χ0) is 17.9. The zero-order valence-corrected chi connectivity index (χ0v) is 14.9. The number of nitrogens with zero attached hydrogens (tertiary/aromatic N) is 3. The molecule has 0 N–H and O–H groups in total. The molecule has 2 heterocycles. The van der Waals surface area contributed by atoms with Crippen LogP contribution < -0.4 is 0 Å². The molecule has 1 aliphatic heterocycles. The average molecular weight is 359 g/mol. The highest BCUT2D eigenvalue weighted by Gasteiger charge is 2.29. The minimum atomic E-state index is -3.38. The van der Waals surface area contributed by atoms with Gasteiger partial charge in [-0.05, 0) is 24.6 Å². The minimum absolute atomic E-state index is 0.00835. The number of benzene rings is 1. The third-order valence-electron chi connectivity index (χ3n) is 4.32. The van der Waals surface area contributed by atoms with Crippen molar-refractivity contribution in [3.63, 3.8) is 0 Å². The Morgan fingerprint density at radius 1 is 1.00 bits per heavy atom. The Balaban J connectivity index is 1.61. The average Bonchev–Trinajstić information content (AvgIpc) is 2.64. The summed E-state index contributed by atoms with van der Waals surface area (Å²) in [6.45, 7) is 3.41. The van der Waals surface area contributed by atoms with Gasteiger partial charge in [-0.1, -0.05) is 29.8 Å². The summed E-state index contributed by atoms with van der Waals surface area (Å²) in [5.74, 6) is -0.0936. The summed E-state index contributed by atoms with van der Waals surface area (Å²) < 4.78 is 26.7. The Morgan fingerprint density at radius 2 is 1.60 bits per heavy atom. The summed E-state index contributed by atoms with van der Waals surface area (Å²) in [4.78, 5) is 18.0. The Morgan fingerprint density at radius 3 is 2.20 bits per heavy atom. The Labute approximate surface area is 148 Å². The molecule has 1 aromatic carbocycles. The van der Waals surface area contributed by atoms with Gasteiger partial charge in [-0.2, -0.15) is 4.31 Å². The predicted octanol–water partition coefficient (Wildman–Crippen LogP) is 1.68. The second-order valence-electron chi connectivity index (χ2n) is 6.17. The van der Waals surface area contributed by atoms with Crippen LogP contribution in [0.3, 0.4) is 0 Å². The van der Waals surface area contributed by atoms with E-state index in [1.54, 1.807) is 29.4 Å². The van der Waals surface area contributed by atoms with Crippen LogP contribution in [-0.4, -0.2) is 54.7 Å². The van der Waals surface area contributed by atoms with E-state index in [-0.39, 0.29) is 11.7 Å². The van der Waals surface area contributed by atoms with Crippen molar-refractivity contribution in [1.82, 2.24) is 14.2 Å². The van der Waals surface area contributed by atoms with Crippen molar-refractivity contribution in [2.75, 3.05) is 26.2 Å². The molecule has 6 nitrogen and oxygen atoms in total. The molecule has 25 heavy (non-hydrogen) atoms. The molecule has 132 valence electrons. The highest BCUT2D eigenvalue weighted by atomic mass is 32.2. The van der Waals surface area contributed by atoms with Crippen LogP contribution in [-0.2, 0) is 15.8 Å². The van der Waals surface area contributed by atoms with Gasteiger partial charge in [-0.25, -0.2) is 8.42 Å². The minimum Gasteiger partial charge on any atom is -0.336 e. The van der Waals surface area contributed by atoms with Crippen LogP contribution in [0.4, 0.5) is 0 Å². The van der Waals surface area contributed by atoms with E-state index in [1.165, 1.54) is 4.31 Å². The van der Waals surface area contributed by atoms with Gasteiger partial charge in [-0.3, -0.25) is 9.78 Å². The fraction of sp³-hybridized carbons (Fsp3) is 0.333. The van der Waals surface area contributed by atoms with E-state index in [4.69, 9.17) is 0 Å². The molecule has 1 fully saturated rings. The van der Waals surface area contributed by atoms with E-state index < -0.39 is 10.0 Å². The maximum absolute atomic E-state index is 12.6. The first-order valence-electron chi connectivity index (χ1n) is 8.18. The van der Waals surface area contributed by atoms with E-state index in [0.717, 1.165) is 11.1 Å². The SMILES string of the molecule is Cc1ccc(CS(=O)(=O)N2CCN(C(=O)c3ccncc3)CC2)cc1. The molecule has 1 amide bonds. The van der Waals surface area contributed by atoms with Crippen LogP contribution in [0.5, 0.6) is 0 Å². The lowest BCUT2D eigenvalue weighted by molar-refractivity contribution is 0.0697. The van der Waals surface area contributed by atoms with Crippen molar-refractivity contribution in [3.05, 3.63) is 65.5 Å². The maximum atomic E-state index is 12.6. The molecule has 2 aromatic rings. The van der Waals surface area contributed by atoms with Gasteiger partial charge >= 0.3 is 0 Å². The number of sulfonamides is 1. The molecule has 0 bridgehead atoms. The van der Waals surface area contributed by atoms with Crippen LogP contribution in [0.2, 0.25) is 0 Å². The number of pyridine rings is 1. The maximum Gasteiger partial charge on any atom is 0.254 e. The highest BCUT2D eigenvalue weighted by molar-refractivity contribution is 7.88. The van der Waals surface area contributed by atoms with Crippen LogP contribution in [0.1, 0.15) is 21.5 Å². The number of carbonyl (C=O) groups excluding carboxylic acids is 1. The number of aryl methyl sites for hydroxylation is 1. The Bertz CT molecular complexity index is 828. The number of hydrogen-bond donors (Lipinski definition) is 0. The van der Waals surface area contributed by atoms with Crippen molar-refractivity contribution >= 4 is 15.9 Å². The standard InChI is InChI=1S/C18H21N3O3S/c1-15-2-4-16(5-3-15)14-25(23,24)21-12-10-20(11-13-21)18(22)17-6-8-19-9-7-17/h2-9H,10-14H2,1H3. The van der Waals surface area contributed by atoms with Crippen LogP contribution in [0.15, 0.2) is 48.8 Å².